The van der Waals surface area contributed by atoms with Gasteiger partial charge in [0.15, 0.2) is 0 Å². The fraction of sp³-hybridized carbons (Fsp3) is 0. The number of allylic oxidation sites excluding steroid dienone is 1. The normalized spacial score (nSPS) is 11.2. The second-order valence-corrected chi connectivity index (χ2v) is 2.94. The Balaban J connectivity index is 4.17. The topological polar surface area (TPSA) is 12.4 Å². The zero-order valence-electron chi connectivity index (χ0n) is 4.50. The average Bonchev–Trinajstić information content (AvgIpc) is 1.63. The molecule has 0 saturated carbocycles. The molecule has 0 fully saturated rings. The van der Waals surface area contributed by atoms with E-state index < -0.39 is 0 Å². The van der Waals surface area contributed by atoms with Crippen molar-refractivity contribution in [3.05, 3.63) is 22.8 Å². The minimum Gasteiger partial charge on any atom is -0.224 e. The van der Waals surface area contributed by atoms with Crippen molar-refractivity contribution in [3.8, 4) is 0 Å². The molecule has 4 heteroatoms. The zero-order valence-corrected chi connectivity index (χ0v) is 7.59. The summed E-state index contributed by atoms with van der Waals surface area (Å²) in [5.41, 5.74) is 0. The first kappa shape index (κ1) is 9.21. The molecule has 0 spiro atoms. The first-order valence-corrected chi connectivity index (χ1v) is 3.52. The number of aliphatic imine (C=N–C) groups is 1. The molecule has 9 heavy (non-hydrogen) atoms. The first-order valence-electron chi connectivity index (χ1n) is 1.97. The number of hydrogen-bond acceptors (Lipinski definition) is 1. The molecule has 1 nitrogen and oxygen atoms in total. The maximum Gasteiger partial charge on any atom is 0.144 e. The Morgan fingerprint density at radius 1 is 1.33 bits per heavy atom. The second-order valence-electron chi connectivity index (χ2n) is 1.18. The van der Waals surface area contributed by atoms with Gasteiger partial charge >= 0.3 is 0 Å². The maximum atomic E-state index is 5.47. The fourth-order valence-electron chi connectivity index (χ4n) is 0.167. The van der Waals surface area contributed by atoms with Crippen molar-refractivity contribution in [2.75, 3.05) is 0 Å². The van der Waals surface area contributed by atoms with Crippen LogP contribution in [0.1, 0.15) is 0 Å². The summed E-state index contributed by atoms with van der Waals surface area (Å²) >= 11 is 13.8. The molecule has 0 unspecified atom stereocenters. The van der Waals surface area contributed by atoms with Gasteiger partial charge in [-0.15, -0.1) is 0 Å². The Kier molecular flexibility index (Phi) is 4.19. The van der Waals surface area contributed by atoms with Crippen molar-refractivity contribution in [1.82, 2.24) is 0 Å². The van der Waals surface area contributed by atoms with Crippen molar-refractivity contribution in [2.24, 2.45) is 4.99 Å². The van der Waals surface area contributed by atoms with Crippen LogP contribution in [0.15, 0.2) is 27.8 Å². The molecule has 50 valence electrons. The minimum atomic E-state index is 0.139. The molecule has 0 N–H and O–H groups in total. The third kappa shape index (κ3) is 4.70. The molecule has 0 heterocycles. The van der Waals surface area contributed by atoms with E-state index in [0.29, 0.717) is 4.48 Å². The highest BCUT2D eigenvalue weighted by molar-refractivity contribution is 9.12. The number of rotatable bonds is 2. The van der Waals surface area contributed by atoms with Crippen LogP contribution in [0.2, 0.25) is 0 Å². The van der Waals surface area contributed by atoms with Gasteiger partial charge in [-0.05, 0) is 15.9 Å². The molecular weight excluding hydrogens is 225 g/mol. The predicted molar refractivity (Wildman–Crippen MR) is 46.3 cm³/mol. The summed E-state index contributed by atoms with van der Waals surface area (Å²) < 4.78 is 0.492. The Morgan fingerprint density at radius 3 is 1.89 bits per heavy atom. The van der Waals surface area contributed by atoms with Crippen molar-refractivity contribution in [3.63, 3.8) is 0 Å². The first-order chi connectivity index (χ1) is 4.04. The van der Waals surface area contributed by atoms with Crippen LogP contribution < -0.4 is 0 Å². The molecule has 0 aromatic carbocycles. The van der Waals surface area contributed by atoms with Crippen LogP contribution in [0.5, 0.6) is 0 Å². The van der Waals surface area contributed by atoms with E-state index in [1.165, 1.54) is 0 Å². The Morgan fingerprint density at radius 2 is 1.78 bits per heavy atom. The number of hydrogen-bond donors (Lipinski definition) is 0. The summed E-state index contributed by atoms with van der Waals surface area (Å²) in [6.45, 7) is 6.77. The van der Waals surface area contributed by atoms with E-state index in [9.17, 15) is 0 Å². The predicted octanol–water partition coefficient (Wildman–Crippen LogP) is 3.24. The van der Waals surface area contributed by atoms with Crippen LogP contribution >= 0.6 is 39.1 Å². The van der Waals surface area contributed by atoms with Gasteiger partial charge in [0.05, 0.1) is 0 Å². The van der Waals surface area contributed by atoms with E-state index in [2.05, 4.69) is 34.1 Å². The van der Waals surface area contributed by atoms with E-state index in [-0.39, 0.29) is 10.3 Å². The lowest BCUT2D eigenvalue weighted by atomic mass is 10.7. The maximum absolute atomic E-state index is 5.47. The average molecular weight is 229 g/mol. The second kappa shape index (κ2) is 4.09. The van der Waals surface area contributed by atoms with Gasteiger partial charge in [0, 0.05) is 4.48 Å². The molecule has 0 amide bonds. The SMILES string of the molecule is C=C(Cl)/N=C(/Cl)C(=C)Br. The van der Waals surface area contributed by atoms with E-state index in [0.717, 1.165) is 0 Å². The molecule has 0 radical (unpaired) electrons. The molecule has 0 saturated heterocycles. The molecule has 0 rings (SSSR count). The van der Waals surface area contributed by atoms with E-state index in [1.54, 1.807) is 0 Å². The summed E-state index contributed by atoms with van der Waals surface area (Å²) in [7, 11) is 0. The van der Waals surface area contributed by atoms with Gasteiger partial charge in [-0.1, -0.05) is 36.4 Å². The molecule has 0 aromatic heterocycles. The molecule has 0 atom stereocenters. The Labute approximate surface area is 72.2 Å². The monoisotopic (exact) mass is 227 g/mol. The highest BCUT2D eigenvalue weighted by atomic mass is 79.9. The fourth-order valence-corrected chi connectivity index (χ4v) is 0.486. The van der Waals surface area contributed by atoms with Gasteiger partial charge in [0.1, 0.15) is 10.3 Å². The van der Waals surface area contributed by atoms with Gasteiger partial charge in [-0.2, -0.15) is 0 Å². The van der Waals surface area contributed by atoms with Crippen LogP contribution in [-0.4, -0.2) is 5.17 Å². The summed E-state index contributed by atoms with van der Waals surface area (Å²) in [5.74, 6) is 0. The molecule has 0 aliphatic heterocycles. The van der Waals surface area contributed by atoms with Gasteiger partial charge in [0.2, 0.25) is 0 Å². The van der Waals surface area contributed by atoms with Gasteiger partial charge < -0.3 is 0 Å². The molecule has 0 bridgehead atoms. The highest BCUT2D eigenvalue weighted by Gasteiger charge is 1.94. The lowest BCUT2D eigenvalue weighted by Gasteiger charge is -1.89. The largest absolute Gasteiger partial charge is 0.224 e. The van der Waals surface area contributed by atoms with Crippen molar-refractivity contribution < 1.29 is 0 Å². The van der Waals surface area contributed by atoms with Crippen LogP contribution in [0.3, 0.4) is 0 Å². The number of halogens is 3. The Bertz CT molecular complexity index is 174. The van der Waals surface area contributed by atoms with E-state index in [4.69, 9.17) is 23.2 Å². The summed E-state index contributed by atoms with van der Waals surface area (Å²) in [4.78, 5) is 3.58. The van der Waals surface area contributed by atoms with E-state index >= 15 is 0 Å². The lowest BCUT2D eigenvalue weighted by Crippen LogP contribution is -1.82. The van der Waals surface area contributed by atoms with Crippen LogP contribution in [-0.2, 0) is 0 Å². The van der Waals surface area contributed by atoms with Crippen molar-refractivity contribution >= 4 is 44.3 Å². The van der Waals surface area contributed by atoms with Gasteiger partial charge in [-0.3, -0.25) is 0 Å². The van der Waals surface area contributed by atoms with Crippen LogP contribution in [0.25, 0.3) is 0 Å². The zero-order chi connectivity index (χ0) is 7.44. The molecule has 0 aliphatic rings. The smallest absolute Gasteiger partial charge is 0.144 e. The lowest BCUT2D eigenvalue weighted by molar-refractivity contribution is 1.56. The van der Waals surface area contributed by atoms with Crippen LogP contribution in [0.4, 0.5) is 0 Å². The summed E-state index contributed by atoms with van der Waals surface area (Å²) in [6.07, 6.45) is 0. The summed E-state index contributed by atoms with van der Waals surface area (Å²) in [6, 6.07) is 0. The molecule has 0 aliphatic carbocycles. The van der Waals surface area contributed by atoms with Crippen molar-refractivity contribution in [1.29, 1.82) is 0 Å². The standard InChI is InChI=1S/C5H4BrCl2N/c1-3(6)5(8)9-4(2)7/h1-2H2/b9-5+. The van der Waals surface area contributed by atoms with Gasteiger partial charge in [0.25, 0.3) is 0 Å². The van der Waals surface area contributed by atoms with Gasteiger partial charge in [-0.25, -0.2) is 4.99 Å². The Hall–Kier alpha value is 0.210. The summed E-state index contributed by atoms with van der Waals surface area (Å²) in [5, 5.41) is 0.357. The quantitative estimate of drug-likeness (QED) is 0.509. The minimum absolute atomic E-state index is 0.139. The highest BCUT2D eigenvalue weighted by Crippen LogP contribution is 2.11. The third-order valence-corrected chi connectivity index (χ3v) is 1.44. The molecular formula is C5H4BrCl2N. The van der Waals surface area contributed by atoms with E-state index in [1.807, 2.05) is 0 Å². The van der Waals surface area contributed by atoms with Crippen molar-refractivity contribution in [2.45, 2.75) is 0 Å². The van der Waals surface area contributed by atoms with Crippen LogP contribution in [0, 0.1) is 0 Å². The number of nitrogens with zero attached hydrogens (tertiary/aromatic N) is 1. The molecule has 0 aromatic rings. The third-order valence-electron chi connectivity index (χ3n) is 0.443.